The van der Waals surface area contributed by atoms with E-state index in [1.165, 1.54) is 4.90 Å². The number of amides is 4. The molecule has 4 aromatic rings. The molecule has 7 nitrogen and oxygen atoms in total. The molecule has 1 aliphatic heterocycles. The molecule has 0 spiro atoms. The van der Waals surface area contributed by atoms with Gasteiger partial charge in [0.15, 0.2) is 0 Å². The topological polar surface area (TPSA) is 95.6 Å². The van der Waals surface area contributed by atoms with Gasteiger partial charge in [-0.05, 0) is 79.3 Å². The van der Waals surface area contributed by atoms with Gasteiger partial charge in [0.05, 0.1) is 11.1 Å². The molecule has 0 bridgehead atoms. The van der Waals surface area contributed by atoms with E-state index in [0.29, 0.717) is 41.1 Å². The summed E-state index contributed by atoms with van der Waals surface area (Å²) in [6.45, 7) is 2.32. The molecule has 0 saturated carbocycles. The van der Waals surface area contributed by atoms with E-state index in [-0.39, 0.29) is 23.4 Å². The Morgan fingerprint density at radius 1 is 0.810 bits per heavy atom. The lowest BCUT2D eigenvalue weighted by molar-refractivity contribution is -0.113. The molecule has 1 heterocycles. The fourth-order valence-electron chi connectivity index (χ4n) is 4.56. The number of anilines is 1. The quantitative estimate of drug-likeness (QED) is 0.102. The molecule has 42 heavy (non-hydrogen) atoms. The van der Waals surface area contributed by atoms with Gasteiger partial charge < -0.3 is 10.6 Å². The molecular weight excluding hydrogens is 546 g/mol. The number of carbonyl (C=O) groups is 4. The van der Waals surface area contributed by atoms with Crippen LogP contribution in [0.15, 0.2) is 114 Å². The molecule has 0 saturated heterocycles. The van der Waals surface area contributed by atoms with Crippen LogP contribution in [-0.4, -0.2) is 40.8 Å². The van der Waals surface area contributed by atoms with Crippen molar-refractivity contribution in [2.75, 3.05) is 17.6 Å². The molecule has 0 aromatic heterocycles. The second-order valence-electron chi connectivity index (χ2n) is 9.78. The molecule has 1 aliphatic rings. The van der Waals surface area contributed by atoms with Crippen molar-refractivity contribution in [3.63, 3.8) is 0 Å². The fraction of sp³-hybridized carbons (Fsp3) is 0.118. The molecule has 0 unspecified atom stereocenters. The van der Waals surface area contributed by atoms with Gasteiger partial charge in [-0.1, -0.05) is 60.2 Å². The first-order valence-electron chi connectivity index (χ1n) is 13.5. The van der Waals surface area contributed by atoms with Gasteiger partial charge >= 0.3 is 0 Å². The summed E-state index contributed by atoms with van der Waals surface area (Å²) in [6.07, 6.45) is 2.31. The van der Waals surface area contributed by atoms with Gasteiger partial charge in [0, 0.05) is 22.7 Å². The highest BCUT2D eigenvalue weighted by Crippen LogP contribution is 2.25. The Morgan fingerprint density at radius 3 is 2.14 bits per heavy atom. The molecule has 0 fully saturated rings. The minimum atomic E-state index is -0.442. The van der Waals surface area contributed by atoms with Crippen LogP contribution in [0.25, 0.3) is 6.08 Å². The number of benzene rings is 4. The number of imide groups is 1. The van der Waals surface area contributed by atoms with Crippen LogP contribution in [0.5, 0.6) is 0 Å². The molecule has 0 atom stereocenters. The van der Waals surface area contributed by atoms with Crippen molar-refractivity contribution in [3.05, 3.63) is 137 Å². The summed E-state index contributed by atoms with van der Waals surface area (Å²) in [5.41, 5.74) is 3.91. The first-order valence-corrected chi connectivity index (χ1v) is 14.5. The van der Waals surface area contributed by atoms with Gasteiger partial charge in [-0.2, -0.15) is 0 Å². The molecule has 0 radical (unpaired) electrons. The average Bonchev–Trinajstić information content (AvgIpc) is 3.25. The normalized spacial score (nSPS) is 12.7. The Bertz CT molecular complexity index is 1630. The predicted molar refractivity (Wildman–Crippen MR) is 165 cm³/mol. The van der Waals surface area contributed by atoms with Crippen molar-refractivity contribution in [3.8, 4) is 0 Å². The van der Waals surface area contributed by atoms with Gasteiger partial charge in [0.1, 0.15) is 5.70 Å². The van der Waals surface area contributed by atoms with Crippen molar-refractivity contribution >= 4 is 47.2 Å². The highest BCUT2D eigenvalue weighted by Gasteiger charge is 2.34. The SMILES string of the molecule is Cc1cccc(/C=C(\NC(=O)c2ccccc2)C(=O)Nc2ccc(SCCCN3C(=O)c4ccccc4C3=O)cc2)c1. The zero-order chi connectivity index (χ0) is 29.5. The maximum Gasteiger partial charge on any atom is 0.272 e. The summed E-state index contributed by atoms with van der Waals surface area (Å²) >= 11 is 1.60. The standard InChI is InChI=1S/C34H29N3O4S/c1-23-9-7-10-24(21-23)22-30(36-31(38)25-11-3-2-4-12-25)32(39)35-26-15-17-27(18-16-26)42-20-8-19-37-33(40)28-13-5-6-14-29(28)34(37)41/h2-7,9-18,21-22H,8,19-20H2,1H3,(H,35,39)(H,36,38)/b30-22-. The minimum Gasteiger partial charge on any atom is -0.321 e. The van der Waals surface area contributed by atoms with Crippen LogP contribution in [0.1, 0.15) is 48.6 Å². The molecule has 210 valence electrons. The number of fused-ring (bicyclic) bond motifs is 1. The summed E-state index contributed by atoms with van der Waals surface area (Å²) in [5.74, 6) is -0.582. The van der Waals surface area contributed by atoms with Crippen molar-refractivity contribution in [1.82, 2.24) is 10.2 Å². The van der Waals surface area contributed by atoms with Crippen LogP contribution < -0.4 is 10.6 Å². The van der Waals surface area contributed by atoms with E-state index >= 15 is 0 Å². The molecule has 4 aromatic carbocycles. The van der Waals surface area contributed by atoms with Gasteiger partial charge in [0.2, 0.25) is 0 Å². The summed E-state index contributed by atoms with van der Waals surface area (Å²) in [6, 6.07) is 30.7. The summed E-state index contributed by atoms with van der Waals surface area (Å²) in [7, 11) is 0. The van der Waals surface area contributed by atoms with Gasteiger partial charge in [-0.25, -0.2) is 0 Å². The molecule has 0 aliphatic carbocycles. The van der Waals surface area contributed by atoms with Crippen LogP contribution in [0.2, 0.25) is 0 Å². The first kappa shape index (κ1) is 28.6. The maximum absolute atomic E-state index is 13.3. The third-order valence-electron chi connectivity index (χ3n) is 6.67. The number of thioether (sulfide) groups is 1. The summed E-state index contributed by atoms with van der Waals surface area (Å²) < 4.78 is 0. The highest BCUT2D eigenvalue weighted by molar-refractivity contribution is 7.99. The van der Waals surface area contributed by atoms with Crippen LogP contribution >= 0.6 is 11.8 Å². The smallest absolute Gasteiger partial charge is 0.272 e. The van der Waals surface area contributed by atoms with E-state index in [2.05, 4.69) is 10.6 Å². The Kier molecular flexibility index (Phi) is 8.94. The highest BCUT2D eigenvalue weighted by atomic mass is 32.2. The van der Waals surface area contributed by atoms with E-state index in [1.54, 1.807) is 78.5 Å². The lowest BCUT2D eigenvalue weighted by Crippen LogP contribution is -2.31. The Labute approximate surface area is 248 Å². The summed E-state index contributed by atoms with van der Waals surface area (Å²) in [5, 5.41) is 5.63. The van der Waals surface area contributed by atoms with Gasteiger partial charge in [0.25, 0.3) is 23.6 Å². The van der Waals surface area contributed by atoms with Gasteiger partial charge in [-0.15, -0.1) is 11.8 Å². The maximum atomic E-state index is 13.3. The zero-order valence-electron chi connectivity index (χ0n) is 23.0. The first-order chi connectivity index (χ1) is 20.4. The third kappa shape index (κ3) is 6.85. The molecule has 5 rings (SSSR count). The van der Waals surface area contributed by atoms with E-state index in [4.69, 9.17) is 0 Å². The third-order valence-corrected chi connectivity index (χ3v) is 7.77. The van der Waals surface area contributed by atoms with Crippen molar-refractivity contribution in [2.45, 2.75) is 18.2 Å². The van der Waals surface area contributed by atoms with E-state index in [0.717, 1.165) is 16.0 Å². The monoisotopic (exact) mass is 575 g/mol. The Morgan fingerprint density at radius 2 is 1.48 bits per heavy atom. The number of nitrogens with one attached hydrogen (secondary N) is 2. The Balaban J connectivity index is 1.18. The minimum absolute atomic E-state index is 0.126. The van der Waals surface area contributed by atoms with Crippen molar-refractivity contribution in [2.24, 2.45) is 0 Å². The van der Waals surface area contributed by atoms with Crippen LogP contribution in [0, 0.1) is 6.92 Å². The van der Waals surface area contributed by atoms with Crippen molar-refractivity contribution < 1.29 is 19.2 Å². The van der Waals surface area contributed by atoms with E-state index in [9.17, 15) is 19.2 Å². The number of aryl methyl sites for hydroxylation is 1. The molecular formula is C34H29N3O4S. The molecule has 2 N–H and O–H groups in total. The fourth-order valence-corrected chi connectivity index (χ4v) is 5.39. The lowest BCUT2D eigenvalue weighted by Gasteiger charge is -2.13. The summed E-state index contributed by atoms with van der Waals surface area (Å²) in [4.78, 5) is 53.5. The second kappa shape index (κ2) is 13.1. The van der Waals surface area contributed by atoms with Crippen LogP contribution in [0.4, 0.5) is 5.69 Å². The number of hydrogen-bond acceptors (Lipinski definition) is 5. The average molecular weight is 576 g/mol. The number of carbonyl (C=O) groups excluding carboxylic acids is 4. The zero-order valence-corrected chi connectivity index (χ0v) is 23.8. The predicted octanol–water partition coefficient (Wildman–Crippen LogP) is 6.18. The van der Waals surface area contributed by atoms with Crippen molar-refractivity contribution in [1.29, 1.82) is 0 Å². The number of nitrogens with zero attached hydrogens (tertiary/aromatic N) is 1. The van der Waals surface area contributed by atoms with E-state index < -0.39 is 5.91 Å². The van der Waals surface area contributed by atoms with Crippen LogP contribution in [0.3, 0.4) is 0 Å². The second-order valence-corrected chi connectivity index (χ2v) is 10.9. The Hall–Kier alpha value is -4.95. The number of rotatable bonds is 10. The van der Waals surface area contributed by atoms with Gasteiger partial charge in [-0.3, -0.25) is 24.1 Å². The number of hydrogen-bond donors (Lipinski definition) is 2. The molecule has 4 amide bonds. The largest absolute Gasteiger partial charge is 0.321 e. The lowest BCUT2D eigenvalue weighted by atomic mass is 10.1. The van der Waals surface area contributed by atoms with E-state index in [1.807, 2.05) is 49.4 Å². The molecule has 8 heteroatoms. The van der Waals surface area contributed by atoms with Crippen LogP contribution in [-0.2, 0) is 4.79 Å².